The highest BCUT2D eigenvalue weighted by Gasteiger charge is 2.39. The van der Waals surface area contributed by atoms with Crippen LogP contribution in [-0.4, -0.2) is 63.0 Å². The van der Waals surface area contributed by atoms with Gasteiger partial charge in [0.2, 0.25) is 11.7 Å². The summed E-state index contributed by atoms with van der Waals surface area (Å²) >= 11 is 0. The molecule has 4 rings (SSSR count). The summed E-state index contributed by atoms with van der Waals surface area (Å²) in [6.07, 6.45) is 4.54. The molecule has 1 saturated carbocycles. The molecule has 8 nitrogen and oxygen atoms in total. The van der Waals surface area contributed by atoms with Crippen LogP contribution in [0.25, 0.3) is 11.4 Å². The highest BCUT2D eigenvalue weighted by molar-refractivity contribution is 7.91. The summed E-state index contributed by atoms with van der Waals surface area (Å²) in [6.45, 7) is 1.99. The second-order valence-corrected chi connectivity index (χ2v) is 10.0. The molecule has 0 radical (unpaired) electrons. The van der Waals surface area contributed by atoms with E-state index in [0.29, 0.717) is 12.2 Å². The fourth-order valence-electron chi connectivity index (χ4n) is 4.21. The zero-order chi connectivity index (χ0) is 19.7. The lowest BCUT2D eigenvalue weighted by Gasteiger charge is -2.33. The summed E-state index contributed by atoms with van der Waals surface area (Å²) in [5.74, 6) is 0.576. The van der Waals surface area contributed by atoms with Crippen molar-refractivity contribution in [2.45, 2.75) is 57.7 Å². The van der Waals surface area contributed by atoms with E-state index in [4.69, 9.17) is 0 Å². The number of amides is 1. The Balaban J connectivity index is 1.50. The standard InChI is InChI=1S/C19H25N5O3S/c1-14-6-8-15(9-7-14)19-20-22-23(21-19)12-18(25)24(16-4-2-3-5-16)17-10-11-28(26,27)13-17/h6-9,16-17H,2-5,10-13H2,1H3/t17-/m1/s1. The van der Waals surface area contributed by atoms with Crippen LogP contribution in [-0.2, 0) is 21.2 Å². The van der Waals surface area contributed by atoms with Crippen molar-refractivity contribution in [3.8, 4) is 11.4 Å². The summed E-state index contributed by atoms with van der Waals surface area (Å²) in [5, 5.41) is 12.4. The molecule has 2 heterocycles. The maximum Gasteiger partial charge on any atom is 0.246 e. The van der Waals surface area contributed by atoms with E-state index in [1.165, 1.54) is 4.80 Å². The predicted molar refractivity (Wildman–Crippen MR) is 104 cm³/mol. The Hall–Kier alpha value is -2.29. The SMILES string of the molecule is Cc1ccc(-c2nnn(CC(=O)N(C3CCCC3)[C@@H]3CCS(=O)(=O)C3)n2)cc1. The van der Waals surface area contributed by atoms with E-state index in [0.717, 1.165) is 36.8 Å². The van der Waals surface area contributed by atoms with E-state index in [-0.39, 0.29) is 36.0 Å². The number of sulfone groups is 1. The van der Waals surface area contributed by atoms with Crippen molar-refractivity contribution in [3.63, 3.8) is 0 Å². The monoisotopic (exact) mass is 403 g/mol. The lowest BCUT2D eigenvalue weighted by atomic mass is 10.1. The molecule has 0 spiro atoms. The van der Waals surface area contributed by atoms with Gasteiger partial charge in [-0.1, -0.05) is 42.7 Å². The number of tetrazole rings is 1. The molecule has 1 aliphatic carbocycles. The summed E-state index contributed by atoms with van der Waals surface area (Å²) in [7, 11) is -3.06. The van der Waals surface area contributed by atoms with Gasteiger partial charge in [0, 0.05) is 17.6 Å². The molecular weight excluding hydrogens is 378 g/mol. The number of carbonyl (C=O) groups is 1. The Morgan fingerprint density at radius 3 is 2.50 bits per heavy atom. The molecule has 0 N–H and O–H groups in total. The van der Waals surface area contributed by atoms with Crippen molar-refractivity contribution in [2.75, 3.05) is 11.5 Å². The van der Waals surface area contributed by atoms with Crippen molar-refractivity contribution in [1.29, 1.82) is 0 Å². The van der Waals surface area contributed by atoms with E-state index < -0.39 is 9.84 Å². The number of hydrogen-bond acceptors (Lipinski definition) is 6. The molecule has 0 unspecified atom stereocenters. The molecule has 0 bridgehead atoms. The highest BCUT2D eigenvalue weighted by Crippen LogP contribution is 2.29. The van der Waals surface area contributed by atoms with Crippen LogP contribution < -0.4 is 0 Å². The minimum absolute atomic E-state index is 0.0219. The van der Waals surface area contributed by atoms with Crippen LogP contribution in [0.3, 0.4) is 0 Å². The number of hydrogen-bond donors (Lipinski definition) is 0. The first-order chi connectivity index (χ1) is 13.4. The fourth-order valence-corrected chi connectivity index (χ4v) is 5.93. The molecule has 28 heavy (non-hydrogen) atoms. The molecular formula is C19H25N5O3S. The topological polar surface area (TPSA) is 98.0 Å². The molecule has 2 aromatic rings. The smallest absolute Gasteiger partial charge is 0.246 e. The Bertz CT molecular complexity index is 948. The van der Waals surface area contributed by atoms with Crippen LogP contribution in [0.5, 0.6) is 0 Å². The largest absolute Gasteiger partial charge is 0.334 e. The zero-order valence-electron chi connectivity index (χ0n) is 16.0. The summed E-state index contributed by atoms with van der Waals surface area (Å²) < 4.78 is 23.9. The van der Waals surface area contributed by atoms with Gasteiger partial charge in [0.05, 0.1) is 11.5 Å². The summed E-state index contributed by atoms with van der Waals surface area (Å²) in [4.78, 5) is 16.2. The molecule has 1 aliphatic heterocycles. The Morgan fingerprint density at radius 2 is 1.86 bits per heavy atom. The van der Waals surface area contributed by atoms with Crippen LogP contribution in [0.4, 0.5) is 0 Å². The normalized spacial score (nSPS) is 21.8. The van der Waals surface area contributed by atoms with Gasteiger partial charge < -0.3 is 4.90 Å². The first-order valence-corrected chi connectivity index (χ1v) is 11.6. The first-order valence-electron chi connectivity index (χ1n) is 9.78. The van der Waals surface area contributed by atoms with Gasteiger partial charge in [0.25, 0.3) is 0 Å². The molecule has 1 aromatic carbocycles. The first kappa shape index (κ1) is 19.0. The van der Waals surface area contributed by atoms with Gasteiger partial charge in [-0.15, -0.1) is 10.2 Å². The van der Waals surface area contributed by atoms with Crippen LogP contribution >= 0.6 is 0 Å². The van der Waals surface area contributed by atoms with Crippen LogP contribution in [0, 0.1) is 6.92 Å². The lowest BCUT2D eigenvalue weighted by molar-refractivity contribution is -0.136. The van der Waals surface area contributed by atoms with Gasteiger partial charge in [-0.05, 0) is 31.4 Å². The van der Waals surface area contributed by atoms with Crippen molar-refractivity contribution in [3.05, 3.63) is 29.8 Å². The third-order valence-corrected chi connectivity index (χ3v) is 7.40. The maximum atomic E-state index is 13.1. The number of aromatic nitrogens is 4. The van der Waals surface area contributed by atoms with Crippen LogP contribution in [0.15, 0.2) is 24.3 Å². The highest BCUT2D eigenvalue weighted by atomic mass is 32.2. The summed E-state index contributed by atoms with van der Waals surface area (Å²) in [6, 6.07) is 7.68. The van der Waals surface area contributed by atoms with E-state index in [1.54, 1.807) is 0 Å². The third kappa shape index (κ3) is 4.09. The molecule has 1 amide bonds. The van der Waals surface area contributed by atoms with Gasteiger partial charge in [-0.2, -0.15) is 4.80 Å². The van der Waals surface area contributed by atoms with Gasteiger partial charge >= 0.3 is 0 Å². The van der Waals surface area contributed by atoms with Crippen LogP contribution in [0.1, 0.15) is 37.7 Å². The number of aryl methyl sites for hydroxylation is 1. The molecule has 9 heteroatoms. The van der Waals surface area contributed by atoms with E-state index in [2.05, 4.69) is 15.4 Å². The minimum Gasteiger partial charge on any atom is -0.334 e. The fraction of sp³-hybridized carbons (Fsp3) is 0.579. The molecule has 1 saturated heterocycles. The molecule has 1 atom stereocenters. The third-order valence-electron chi connectivity index (χ3n) is 5.65. The van der Waals surface area contributed by atoms with Crippen molar-refractivity contribution in [2.24, 2.45) is 0 Å². The van der Waals surface area contributed by atoms with Crippen LogP contribution in [0.2, 0.25) is 0 Å². The van der Waals surface area contributed by atoms with E-state index in [9.17, 15) is 13.2 Å². The predicted octanol–water partition coefficient (Wildman–Crippen LogP) is 1.61. The average Bonchev–Trinajstić information content (AvgIpc) is 3.38. The Kier molecular flexibility index (Phi) is 5.18. The zero-order valence-corrected chi connectivity index (χ0v) is 16.8. The summed E-state index contributed by atoms with van der Waals surface area (Å²) in [5.41, 5.74) is 1.99. The number of nitrogens with zero attached hydrogens (tertiary/aromatic N) is 5. The molecule has 1 aromatic heterocycles. The van der Waals surface area contributed by atoms with E-state index in [1.807, 2.05) is 36.1 Å². The van der Waals surface area contributed by atoms with Crippen molar-refractivity contribution in [1.82, 2.24) is 25.1 Å². The second-order valence-electron chi connectivity index (χ2n) is 7.81. The van der Waals surface area contributed by atoms with Crippen molar-refractivity contribution >= 4 is 15.7 Å². The number of carbonyl (C=O) groups excluding carboxylic acids is 1. The number of rotatable bonds is 5. The quantitative estimate of drug-likeness (QED) is 0.752. The van der Waals surface area contributed by atoms with Gasteiger partial charge in [0.15, 0.2) is 9.84 Å². The molecule has 2 fully saturated rings. The average molecular weight is 404 g/mol. The Morgan fingerprint density at radius 1 is 1.14 bits per heavy atom. The van der Waals surface area contributed by atoms with E-state index >= 15 is 0 Å². The van der Waals surface area contributed by atoms with Gasteiger partial charge in [-0.25, -0.2) is 8.42 Å². The van der Waals surface area contributed by atoms with Gasteiger partial charge in [0.1, 0.15) is 6.54 Å². The molecule has 150 valence electrons. The Labute approximate surface area is 164 Å². The molecule has 2 aliphatic rings. The lowest BCUT2D eigenvalue weighted by Crippen LogP contribution is -2.48. The number of benzene rings is 1. The van der Waals surface area contributed by atoms with Gasteiger partial charge in [-0.3, -0.25) is 4.79 Å². The van der Waals surface area contributed by atoms with Crippen molar-refractivity contribution < 1.29 is 13.2 Å². The maximum absolute atomic E-state index is 13.1. The second kappa shape index (κ2) is 7.62. The minimum atomic E-state index is -3.06.